The maximum absolute atomic E-state index is 13.0. The molecule has 210 valence electrons. The number of fused-ring (bicyclic) bond motifs is 3. The quantitative estimate of drug-likeness (QED) is 0.494. The number of amides is 1. The van der Waals surface area contributed by atoms with Gasteiger partial charge in [-0.3, -0.25) is 4.79 Å². The summed E-state index contributed by atoms with van der Waals surface area (Å²) >= 11 is 0. The van der Waals surface area contributed by atoms with Crippen molar-refractivity contribution in [3.8, 4) is 0 Å². The third-order valence-electron chi connectivity index (χ3n) is 8.36. The van der Waals surface area contributed by atoms with E-state index in [1.165, 1.54) is 5.57 Å². The van der Waals surface area contributed by atoms with Crippen LogP contribution in [0.1, 0.15) is 65.2 Å². The summed E-state index contributed by atoms with van der Waals surface area (Å²) in [6.07, 6.45) is 20.2. The van der Waals surface area contributed by atoms with Crippen molar-refractivity contribution in [2.24, 2.45) is 17.8 Å². The zero-order chi connectivity index (χ0) is 27.1. The number of carbonyl (C=O) groups excluding carboxylic acids is 1. The number of methoxy groups -OCH3 is 1. The summed E-state index contributed by atoms with van der Waals surface area (Å²) in [6, 6.07) is -0.201. The molecular formula is C32H47NO5. The van der Waals surface area contributed by atoms with Gasteiger partial charge in [-0.05, 0) is 82.1 Å². The van der Waals surface area contributed by atoms with Crippen LogP contribution in [0.3, 0.4) is 0 Å². The second-order valence-electron chi connectivity index (χ2n) is 11.9. The van der Waals surface area contributed by atoms with Crippen LogP contribution in [0.2, 0.25) is 0 Å². The summed E-state index contributed by atoms with van der Waals surface area (Å²) in [5, 5.41) is 14.2. The van der Waals surface area contributed by atoms with Crippen LogP contribution < -0.4 is 5.32 Å². The van der Waals surface area contributed by atoms with E-state index >= 15 is 0 Å². The fourth-order valence-electron chi connectivity index (χ4n) is 6.23. The minimum absolute atomic E-state index is 0.0143. The Morgan fingerprint density at radius 3 is 2.82 bits per heavy atom. The predicted octanol–water partition coefficient (Wildman–Crippen LogP) is 5.20. The Morgan fingerprint density at radius 2 is 2.03 bits per heavy atom. The number of hydrogen-bond donors (Lipinski definition) is 2. The Hall–Kier alpha value is -1.99. The van der Waals surface area contributed by atoms with Crippen molar-refractivity contribution < 1.29 is 24.1 Å². The molecule has 38 heavy (non-hydrogen) atoms. The van der Waals surface area contributed by atoms with Gasteiger partial charge in [0.25, 0.3) is 0 Å². The number of aliphatic hydroxyl groups excluding tert-OH is 1. The molecule has 0 aromatic rings. The highest BCUT2D eigenvalue weighted by Gasteiger charge is 2.44. The van der Waals surface area contributed by atoms with Crippen molar-refractivity contribution in [1.82, 2.24) is 5.32 Å². The SMILES string of the molecule is C=C1C[C@H](C)C[C@@H]2CC=C[C@@H](C/C=C\C(=O)N[C@H](C(/C=C/[C@@H]3CC(C)=CCO3)OC)C[C@@H]3C[C@H]3[C@@H](O)C1)O2. The van der Waals surface area contributed by atoms with Crippen molar-refractivity contribution >= 4 is 5.91 Å². The average Bonchev–Trinajstić information content (AvgIpc) is 3.63. The molecule has 4 aliphatic rings. The zero-order valence-electron chi connectivity index (χ0n) is 23.4. The van der Waals surface area contributed by atoms with Gasteiger partial charge in [-0.15, -0.1) is 0 Å². The molecule has 1 amide bonds. The van der Waals surface area contributed by atoms with Crippen molar-refractivity contribution in [1.29, 1.82) is 0 Å². The summed E-state index contributed by atoms with van der Waals surface area (Å²) in [6.45, 7) is 9.28. The van der Waals surface area contributed by atoms with Crippen molar-refractivity contribution in [3.63, 3.8) is 0 Å². The van der Waals surface area contributed by atoms with E-state index in [4.69, 9.17) is 14.2 Å². The van der Waals surface area contributed by atoms with Gasteiger partial charge in [-0.1, -0.05) is 61.1 Å². The van der Waals surface area contributed by atoms with E-state index in [1.54, 1.807) is 13.2 Å². The fourth-order valence-corrected chi connectivity index (χ4v) is 6.23. The normalized spacial score (nSPS) is 38.9. The van der Waals surface area contributed by atoms with Crippen LogP contribution in [0.25, 0.3) is 0 Å². The smallest absolute Gasteiger partial charge is 0.243 e. The molecule has 2 N–H and O–H groups in total. The van der Waals surface area contributed by atoms with Crippen LogP contribution in [0, 0.1) is 17.8 Å². The first-order valence-corrected chi connectivity index (χ1v) is 14.4. The Morgan fingerprint density at radius 1 is 1.18 bits per heavy atom. The van der Waals surface area contributed by atoms with Gasteiger partial charge in [-0.2, -0.15) is 0 Å². The van der Waals surface area contributed by atoms with Crippen LogP contribution in [0.4, 0.5) is 0 Å². The Bertz CT molecular complexity index is 936. The number of carbonyl (C=O) groups is 1. The van der Waals surface area contributed by atoms with Crippen molar-refractivity contribution in [2.75, 3.05) is 13.7 Å². The van der Waals surface area contributed by atoms with Gasteiger partial charge in [0, 0.05) is 7.11 Å². The molecule has 4 rings (SSSR count). The van der Waals surface area contributed by atoms with Gasteiger partial charge in [0.2, 0.25) is 5.91 Å². The third-order valence-corrected chi connectivity index (χ3v) is 8.36. The number of rotatable bonds is 4. The first kappa shape index (κ1) is 29.0. The lowest BCUT2D eigenvalue weighted by atomic mass is 9.90. The van der Waals surface area contributed by atoms with E-state index in [9.17, 15) is 9.90 Å². The molecule has 0 radical (unpaired) electrons. The minimum Gasteiger partial charge on any atom is -0.392 e. The molecule has 0 aromatic carbocycles. The molecule has 6 heteroatoms. The molecule has 6 nitrogen and oxygen atoms in total. The molecule has 1 unspecified atom stereocenters. The topological polar surface area (TPSA) is 77.0 Å². The van der Waals surface area contributed by atoms with E-state index < -0.39 is 6.10 Å². The summed E-state index contributed by atoms with van der Waals surface area (Å²) in [5.74, 6) is 0.909. The molecular weight excluding hydrogens is 478 g/mol. The molecule has 2 bridgehead atoms. The first-order valence-electron chi connectivity index (χ1n) is 14.4. The number of aliphatic hydroxyl groups is 1. The maximum Gasteiger partial charge on any atom is 0.243 e. The molecule has 9 atom stereocenters. The summed E-state index contributed by atoms with van der Waals surface area (Å²) in [5.41, 5.74) is 2.44. The highest BCUT2D eigenvalue weighted by atomic mass is 16.5. The van der Waals surface area contributed by atoms with Gasteiger partial charge < -0.3 is 24.6 Å². The fraction of sp³-hybridized carbons (Fsp3) is 0.656. The second-order valence-corrected chi connectivity index (χ2v) is 11.9. The van der Waals surface area contributed by atoms with Gasteiger partial charge in [0.05, 0.1) is 43.2 Å². The lowest BCUT2D eigenvalue weighted by molar-refractivity contribution is -0.118. The van der Waals surface area contributed by atoms with E-state index in [2.05, 4.69) is 50.0 Å². The molecule has 0 spiro atoms. The van der Waals surface area contributed by atoms with Crippen LogP contribution in [-0.4, -0.2) is 61.3 Å². The number of hydrogen-bond acceptors (Lipinski definition) is 5. The Kier molecular flexibility index (Phi) is 10.6. The third kappa shape index (κ3) is 8.77. The van der Waals surface area contributed by atoms with E-state index in [0.717, 1.165) is 44.1 Å². The molecule has 1 fully saturated rings. The van der Waals surface area contributed by atoms with E-state index in [-0.39, 0.29) is 42.3 Å². The molecule has 1 saturated carbocycles. The summed E-state index contributed by atoms with van der Waals surface area (Å²) in [7, 11) is 1.68. The molecule has 0 saturated heterocycles. The Labute approximate surface area is 228 Å². The predicted molar refractivity (Wildman–Crippen MR) is 151 cm³/mol. The lowest BCUT2D eigenvalue weighted by Gasteiger charge is -2.28. The van der Waals surface area contributed by atoms with Crippen molar-refractivity contribution in [2.45, 2.75) is 102 Å². The largest absolute Gasteiger partial charge is 0.392 e. The zero-order valence-corrected chi connectivity index (χ0v) is 23.4. The molecule has 0 aromatic heterocycles. The second kappa shape index (κ2) is 13.9. The van der Waals surface area contributed by atoms with Crippen molar-refractivity contribution in [3.05, 3.63) is 60.3 Å². The highest BCUT2D eigenvalue weighted by molar-refractivity contribution is 5.87. The first-order chi connectivity index (χ1) is 18.3. The van der Waals surface area contributed by atoms with E-state index in [1.807, 2.05) is 12.2 Å². The van der Waals surface area contributed by atoms with Gasteiger partial charge in [0.1, 0.15) is 0 Å². The number of ether oxygens (including phenoxy) is 3. The van der Waals surface area contributed by atoms with Crippen LogP contribution in [0.5, 0.6) is 0 Å². The Balaban J connectivity index is 1.47. The van der Waals surface area contributed by atoms with Crippen LogP contribution in [-0.2, 0) is 19.0 Å². The summed E-state index contributed by atoms with van der Waals surface area (Å²) < 4.78 is 18.0. The highest BCUT2D eigenvalue weighted by Crippen LogP contribution is 2.46. The molecule has 1 aliphatic carbocycles. The van der Waals surface area contributed by atoms with Gasteiger partial charge in [-0.25, -0.2) is 0 Å². The monoisotopic (exact) mass is 525 g/mol. The maximum atomic E-state index is 13.0. The molecule has 3 aliphatic heterocycles. The van der Waals surface area contributed by atoms with Crippen LogP contribution in [0.15, 0.2) is 60.3 Å². The van der Waals surface area contributed by atoms with Crippen LogP contribution >= 0.6 is 0 Å². The van der Waals surface area contributed by atoms with Gasteiger partial charge in [0.15, 0.2) is 0 Å². The number of nitrogens with one attached hydrogen (secondary N) is 1. The lowest BCUT2D eigenvalue weighted by Crippen LogP contribution is -2.43. The average molecular weight is 526 g/mol. The summed E-state index contributed by atoms with van der Waals surface area (Å²) in [4.78, 5) is 13.0. The molecule has 3 heterocycles. The van der Waals surface area contributed by atoms with E-state index in [0.29, 0.717) is 31.3 Å². The standard InChI is InChI=1S/C32H47NO5/c1-21-13-14-37-26(16-21)11-12-31(36-4)29-20-24-19-28(24)30(34)18-23(3)15-22(2)17-27-9-5-7-25(38-27)8-6-10-32(35)33-29/h5-7,10-13,22,24-31,34H,3,8-9,14-20H2,1-2,4H3,(H,33,35)/b10-6-,12-11+/t22-,24-,25-,26+,27-,28+,29-,30-,31?/m0/s1. The van der Waals surface area contributed by atoms with Gasteiger partial charge >= 0.3 is 0 Å². The minimum atomic E-state index is -0.394.